The number of nitrogens with zero attached hydrogens (tertiary/aromatic N) is 1. The number of unbranched alkanes of at least 4 members (excludes halogenated alkanes) is 4. The zero-order valence-corrected chi connectivity index (χ0v) is 22.1. The number of carbonyl (C=O) groups is 1. The summed E-state index contributed by atoms with van der Waals surface area (Å²) in [5.74, 6) is 0.731. The SMILES string of the molecule is CCCCCCCc1ccc(C2(C(=O)Oc3ccc(CC(C)CC)cc3C#N)CCCCC2)cc1. The van der Waals surface area contributed by atoms with Crippen LogP contribution in [0.2, 0.25) is 0 Å². The van der Waals surface area contributed by atoms with Gasteiger partial charge in [-0.3, -0.25) is 4.79 Å². The van der Waals surface area contributed by atoms with Crippen LogP contribution in [0, 0.1) is 17.2 Å². The topological polar surface area (TPSA) is 50.1 Å². The Balaban J connectivity index is 1.75. The molecule has 0 aromatic heterocycles. The molecule has 1 aliphatic rings. The lowest BCUT2D eigenvalue weighted by molar-refractivity contribution is -0.142. The van der Waals surface area contributed by atoms with Gasteiger partial charge in [-0.05, 0) is 66.8 Å². The molecule has 0 N–H and O–H groups in total. The molecule has 3 nitrogen and oxygen atoms in total. The summed E-state index contributed by atoms with van der Waals surface area (Å²) < 4.78 is 5.99. The number of rotatable bonds is 12. The van der Waals surface area contributed by atoms with Gasteiger partial charge in [0, 0.05) is 0 Å². The average molecular weight is 474 g/mol. The summed E-state index contributed by atoms with van der Waals surface area (Å²) in [6.07, 6.45) is 14.3. The third-order valence-corrected chi connectivity index (χ3v) is 7.82. The van der Waals surface area contributed by atoms with Crippen molar-refractivity contribution in [2.45, 2.75) is 110 Å². The predicted octanol–water partition coefficient (Wildman–Crippen LogP) is 8.47. The second kappa shape index (κ2) is 13.5. The molecule has 0 aliphatic heterocycles. The highest BCUT2D eigenvalue weighted by Crippen LogP contribution is 2.41. The number of esters is 1. The Morgan fingerprint density at radius 1 is 0.971 bits per heavy atom. The maximum atomic E-state index is 13.7. The minimum Gasteiger partial charge on any atom is -0.424 e. The Labute approximate surface area is 212 Å². The molecule has 1 aliphatic carbocycles. The van der Waals surface area contributed by atoms with Crippen molar-refractivity contribution in [2.24, 2.45) is 5.92 Å². The highest BCUT2D eigenvalue weighted by atomic mass is 16.5. The largest absolute Gasteiger partial charge is 0.424 e. The van der Waals surface area contributed by atoms with Crippen LogP contribution in [0.25, 0.3) is 0 Å². The molecule has 2 aromatic carbocycles. The van der Waals surface area contributed by atoms with E-state index in [4.69, 9.17) is 4.74 Å². The minimum absolute atomic E-state index is 0.212. The van der Waals surface area contributed by atoms with Crippen molar-refractivity contribution >= 4 is 5.97 Å². The van der Waals surface area contributed by atoms with E-state index in [1.54, 1.807) is 0 Å². The fourth-order valence-corrected chi connectivity index (χ4v) is 5.31. The lowest BCUT2D eigenvalue weighted by atomic mass is 9.69. The van der Waals surface area contributed by atoms with Crippen LogP contribution in [0.15, 0.2) is 42.5 Å². The van der Waals surface area contributed by atoms with E-state index in [1.165, 1.54) is 37.7 Å². The molecule has 1 atom stereocenters. The van der Waals surface area contributed by atoms with E-state index >= 15 is 0 Å². The molecule has 0 heterocycles. The molecule has 0 bridgehead atoms. The average Bonchev–Trinajstić information content (AvgIpc) is 2.90. The number of hydrogen-bond donors (Lipinski definition) is 0. The number of ether oxygens (including phenoxy) is 1. The highest BCUT2D eigenvalue weighted by molar-refractivity contribution is 5.85. The van der Waals surface area contributed by atoms with Gasteiger partial charge >= 0.3 is 5.97 Å². The Kier molecular flexibility index (Phi) is 10.4. The summed E-state index contributed by atoms with van der Waals surface area (Å²) in [6.45, 7) is 6.63. The number of nitriles is 1. The van der Waals surface area contributed by atoms with Crippen molar-refractivity contribution < 1.29 is 9.53 Å². The third kappa shape index (κ3) is 7.20. The minimum atomic E-state index is -0.625. The first-order valence-corrected chi connectivity index (χ1v) is 13.9. The Bertz CT molecular complexity index is 980. The summed E-state index contributed by atoms with van der Waals surface area (Å²) in [5.41, 5.74) is 3.34. The van der Waals surface area contributed by atoms with Crippen LogP contribution in [0.3, 0.4) is 0 Å². The summed E-state index contributed by atoms with van der Waals surface area (Å²) in [5, 5.41) is 9.75. The first-order valence-electron chi connectivity index (χ1n) is 13.9. The van der Waals surface area contributed by atoms with Crippen LogP contribution < -0.4 is 4.74 Å². The van der Waals surface area contributed by atoms with E-state index in [0.29, 0.717) is 17.2 Å². The highest BCUT2D eigenvalue weighted by Gasteiger charge is 2.43. The van der Waals surface area contributed by atoms with Crippen LogP contribution in [0.1, 0.15) is 114 Å². The van der Waals surface area contributed by atoms with Crippen LogP contribution in [0.4, 0.5) is 0 Å². The lowest BCUT2D eigenvalue weighted by Gasteiger charge is -2.35. The van der Waals surface area contributed by atoms with Gasteiger partial charge in [0.15, 0.2) is 0 Å². The second-order valence-corrected chi connectivity index (χ2v) is 10.6. The van der Waals surface area contributed by atoms with Crippen molar-refractivity contribution in [2.75, 3.05) is 0 Å². The van der Waals surface area contributed by atoms with Crippen molar-refractivity contribution in [3.05, 3.63) is 64.7 Å². The van der Waals surface area contributed by atoms with E-state index in [0.717, 1.165) is 62.5 Å². The fraction of sp³-hybridized carbons (Fsp3) is 0.562. The summed E-state index contributed by atoms with van der Waals surface area (Å²) in [6, 6.07) is 16.6. The number of aryl methyl sites for hydroxylation is 1. The normalized spacial score (nSPS) is 15.8. The van der Waals surface area contributed by atoms with Gasteiger partial charge in [0.05, 0.1) is 11.0 Å². The Morgan fingerprint density at radius 2 is 1.66 bits per heavy atom. The van der Waals surface area contributed by atoms with Gasteiger partial charge in [0.1, 0.15) is 11.8 Å². The second-order valence-electron chi connectivity index (χ2n) is 10.6. The molecule has 1 saturated carbocycles. The van der Waals surface area contributed by atoms with Gasteiger partial charge < -0.3 is 4.74 Å². The van der Waals surface area contributed by atoms with Crippen LogP contribution in [-0.2, 0) is 23.1 Å². The molecule has 0 amide bonds. The van der Waals surface area contributed by atoms with Crippen LogP contribution >= 0.6 is 0 Å². The van der Waals surface area contributed by atoms with Crippen molar-refractivity contribution in [3.63, 3.8) is 0 Å². The summed E-state index contributed by atoms with van der Waals surface area (Å²) >= 11 is 0. The smallest absolute Gasteiger partial charge is 0.321 e. The fourth-order valence-electron chi connectivity index (χ4n) is 5.31. The van der Waals surface area contributed by atoms with Crippen molar-refractivity contribution in [1.29, 1.82) is 5.26 Å². The zero-order chi connectivity index (χ0) is 25.1. The molecule has 0 saturated heterocycles. The van der Waals surface area contributed by atoms with Crippen molar-refractivity contribution in [1.82, 2.24) is 0 Å². The molecule has 0 spiro atoms. The standard InChI is InChI=1S/C32H43NO2/c1-4-6-7-8-10-13-26-14-17-29(18-15-26)32(20-11-9-12-21-32)31(34)35-30-19-16-27(22-25(3)5-2)23-28(30)24-33/h14-19,23,25H,4-13,20-22H2,1-3H3. The van der Waals surface area contributed by atoms with Crippen molar-refractivity contribution in [3.8, 4) is 11.8 Å². The lowest BCUT2D eigenvalue weighted by Crippen LogP contribution is -2.41. The van der Waals surface area contributed by atoms with Crippen LogP contribution in [-0.4, -0.2) is 5.97 Å². The van der Waals surface area contributed by atoms with Gasteiger partial charge in [0.25, 0.3) is 0 Å². The third-order valence-electron chi connectivity index (χ3n) is 7.82. The first kappa shape index (κ1) is 27.0. The Morgan fingerprint density at radius 3 is 2.31 bits per heavy atom. The molecule has 3 heteroatoms. The molecule has 1 unspecified atom stereocenters. The van der Waals surface area contributed by atoms with Gasteiger partial charge in [-0.25, -0.2) is 0 Å². The van der Waals surface area contributed by atoms with Crippen LogP contribution in [0.5, 0.6) is 5.75 Å². The first-order chi connectivity index (χ1) is 17.0. The van der Waals surface area contributed by atoms with E-state index in [1.807, 2.05) is 18.2 Å². The number of hydrogen-bond acceptors (Lipinski definition) is 3. The quantitative estimate of drug-likeness (QED) is 0.176. The molecule has 2 aromatic rings. The van der Waals surface area contributed by atoms with E-state index in [-0.39, 0.29) is 5.97 Å². The van der Waals surface area contributed by atoms with Gasteiger partial charge in [-0.15, -0.1) is 0 Å². The summed E-state index contributed by atoms with van der Waals surface area (Å²) in [4.78, 5) is 13.7. The zero-order valence-electron chi connectivity index (χ0n) is 22.1. The van der Waals surface area contributed by atoms with Gasteiger partial charge in [0.2, 0.25) is 0 Å². The maximum absolute atomic E-state index is 13.7. The van der Waals surface area contributed by atoms with E-state index < -0.39 is 5.41 Å². The molecular formula is C32H43NO2. The molecule has 3 rings (SSSR count). The molecular weight excluding hydrogens is 430 g/mol. The summed E-state index contributed by atoms with van der Waals surface area (Å²) in [7, 11) is 0. The van der Waals surface area contributed by atoms with E-state index in [2.05, 4.69) is 51.1 Å². The maximum Gasteiger partial charge on any atom is 0.321 e. The number of benzene rings is 2. The Hall–Kier alpha value is -2.60. The van der Waals surface area contributed by atoms with Gasteiger partial charge in [-0.2, -0.15) is 5.26 Å². The monoisotopic (exact) mass is 473 g/mol. The van der Waals surface area contributed by atoms with E-state index in [9.17, 15) is 10.1 Å². The molecule has 35 heavy (non-hydrogen) atoms. The van der Waals surface area contributed by atoms with Gasteiger partial charge in [-0.1, -0.05) is 102 Å². The predicted molar refractivity (Wildman–Crippen MR) is 144 cm³/mol. The molecule has 0 radical (unpaired) electrons. The molecule has 188 valence electrons. The number of carbonyl (C=O) groups excluding carboxylic acids is 1. The molecule has 1 fully saturated rings.